The summed E-state index contributed by atoms with van der Waals surface area (Å²) in [6, 6.07) is 10.5. The van der Waals surface area contributed by atoms with E-state index in [9.17, 15) is 22.4 Å². The van der Waals surface area contributed by atoms with E-state index in [4.69, 9.17) is 0 Å². The van der Waals surface area contributed by atoms with Crippen LogP contribution in [0.25, 0.3) is 0 Å². The van der Waals surface area contributed by atoms with Crippen molar-refractivity contribution in [1.29, 1.82) is 0 Å². The first kappa shape index (κ1) is 27.6. The Balaban J connectivity index is 1.90. The topological polar surface area (TPSA) is 86.8 Å². The summed E-state index contributed by atoms with van der Waals surface area (Å²) in [5.74, 6) is -1.41. The molecule has 1 saturated carbocycles. The van der Waals surface area contributed by atoms with E-state index < -0.39 is 34.3 Å². The monoisotopic (exact) mass is 517 g/mol. The number of nitrogens with zero attached hydrogens (tertiary/aromatic N) is 2. The zero-order valence-corrected chi connectivity index (χ0v) is 22.3. The van der Waals surface area contributed by atoms with Crippen LogP contribution in [-0.2, 0) is 26.2 Å². The number of carbonyl (C=O) groups excluding carboxylic acids is 2. The minimum Gasteiger partial charge on any atom is -0.352 e. The summed E-state index contributed by atoms with van der Waals surface area (Å²) in [5.41, 5.74) is 2.33. The summed E-state index contributed by atoms with van der Waals surface area (Å²) in [6.45, 7) is 4.63. The molecule has 2 aromatic carbocycles. The normalized spacial score (nSPS) is 15.2. The fraction of sp³-hybridized carbons (Fsp3) is 0.481. The lowest BCUT2D eigenvalue weighted by Crippen LogP contribution is -2.53. The van der Waals surface area contributed by atoms with E-state index in [-0.39, 0.29) is 24.1 Å². The molecule has 1 N–H and O–H groups in total. The van der Waals surface area contributed by atoms with Crippen molar-refractivity contribution >= 4 is 27.5 Å². The van der Waals surface area contributed by atoms with Crippen LogP contribution in [0.15, 0.2) is 42.5 Å². The van der Waals surface area contributed by atoms with Crippen LogP contribution in [0.3, 0.4) is 0 Å². The predicted octanol–water partition coefficient (Wildman–Crippen LogP) is 4.07. The van der Waals surface area contributed by atoms with Crippen LogP contribution in [0.4, 0.5) is 10.1 Å². The highest BCUT2D eigenvalue weighted by Crippen LogP contribution is 2.23. The van der Waals surface area contributed by atoms with Crippen LogP contribution in [0, 0.1) is 19.7 Å². The number of rotatable bonds is 9. The molecule has 0 spiro atoms. The smallest absolute Gasteiger partial charge is 0.244 e. The number of nitrogens with one attached hydrogen (secondary N) is 1. The average Bonchev–Trinajstić information content (AvgIpc) is 2.80. The van der Waals surface area contributed by atoms with Crippen molar-refractivity contribution in [3.8, 4) is 0 Å². The zero-order chi connectivity index (χ0) is 26.5. The third-order valence-corrected chi connectivity index (χ3v) is 7.73. The molecule has 0 radical (unpaired) electrons. The van der Waals surface area contributed by atoms with Gasteiger partial charge in [0.15, 0.2) is 0 Å². The standard InChI is InChI=1S/C27H36FN3O4S/c1-19-14-20(2)16-24(15-19)31(36(4,34)35)18-26(32)30(17-22-10-8-9-13-25(22)28)21(3)27(33)29-23-11-6-5-7-12-23/h8-10,13-16,21,23H,5-7,11-12,17-18H2,1-4H3,(H,29,33)/t21-/m1/s1. The Kier molecular flexibility index (Phi) is 9.11. The number of amides is 2. The molecule has 0 unspecified atom stereocenters. The number of hydrogen-bond donors (Lipinski definition) is 1. The summed E-state index contributed by atoms with van der Waals surface area (Å²) >= 11 is 0. The Morgan fingerprint density at radius 1 is 1.06 bits per heavy atom. The van der Waals surface area contributed by atoms with E-state index in [1.165, 1.54) is 11.0 Å². The molecule has 1 aliphatic carbocycles. The van der Waals surface area contributed by atoms with Crippen molar-refractivity contribution in [2.45, 2.75) is 71.5 Å². The molecule has 9 heteroatoms. The Morgan fingerprint density at radius 2 is 1.67 bits per heavy atom. The van der Waals surface area contributed by atoms with Crippen molar-refractivity contribution in [2.24, 2.45) is 0 Å². The zero-order valence-electron chi connectivity index (χ0n) is 21.5. The van der Waals surface area contributed by atoms with Gasteiger partial charge in [-0.25, -0.2) is 12.8 Å². The number of halogens is 1. The largest absolute Gasteiger partial charge is 0.352 e. The van der Waals surface area contributed by atoms with Crippen molar-refractivity contribution in [3.05, 3.63) is 65.0 Å². The van der Waals surface area contributed by atoms with Crippen LogP contribution < -0.4 is 9.62 Å². The highest BCUT2D eigenvalue weighted by molar-refractivity contribution is 7.92. The Labute approximate surface area is 213 Å². The molecule has 2 aromatic rings. The maximum atomic E-state index is 14.5. The second-order valence-electron chi connectivity index (χ2n) is 9.75. The number of anilines is 1. The van der Waals surface area contributed by atoms with Gasteiger partial charge in [-0.15, -0.1) is 0 Å². The summed E-state index contributed by atoms with van der Waals surface area (Å²) in [5, 5.41) is 3.03. The first-order chi connectivity index (χ1) is 17.0. The summed E-state index contributed by atoms with van der Waals surface area (Å²) < 4.78 is 41.0. The summed E-state index contributed by atoms with van der Waals surface area (Å²) in [4.78, 5) is 28.0. The predicted molar refractivity (Wildman–Crippen MR) is 140 cm³/mol. The van der Waals surface area contributed by atoms with E-state index in [0.29, 0.717) is 5.69 Å². The van der Waals surface area contributed by atoms with E-state index >= 15 is 0 Å². The lowest BCUT2D eigenvalue weighted by molar-refractivity contribution is -0.139. The molecule has 1 atom stereocenters. The van der Waals surface area contributed by atoms with Gasteiger partial charge in [-0.2, -0.15) is 0 Å². The second kappa shape index (κ2) is 11.9. The van der Waals surface area contributed by atoms with Gasteiger partial charge in [0.2, 0.25) is 21.8 Å². The van der Waals surface area contributed by atoms with Gasteiger partial charge in [0.1, 0.15) is 18.4 Å². The molecule has 3 rings (SSSR count). The fourth-order valence-electron chi connectivity index (χ4n) is 4.67. The molecule has 36 heavy (non-hydrogen) atoms. The molecule has 0 aliphatic heterocycles. The molecule has 1 aliphatic rings. The third kappa shape index (κ3) is 7.29. The highest BCUT2D eigenvalue weighted by atomic mass is 32.2. The van der Waals surface area contributed by atoms with E-state index in [2.05, 4.69) is 5.32 Å². The number of benzene rings is 2. The molecule has 0 bridgehead atoms. The number of carbonyl (C=O) groups is 2. The summed E-state index contributed by atoms with van der Waals surface area (Å²) in [7, 11) is -3.82. The molecule has 0 heterocycles. The van der Waals surface area contributed by atoms with Crippen LogP contribution in [-0.4, -0.2) is 50.0 Å². The Morgan fingerprint density at radius 3 is 2.25 bits per heavy atom. The SMILES string of the molecule is Cc1cc(C)cc(N(CC(=O)N(Cc2ccccc2F)[C@H](C)C(=O)NC2CCCCC2)S(C)(=O)=O)c1. The van der Waals surface area contributed by atoms with E-state index in [0.717, 1.165) is 53.8 Å². The van der Waals surface area contributed by atoms with Gasteiger partial charge in [-0.05, 0) is 62.9 Å². The molecule has 0 aromatic heterocycles. The minimum absolute atomic E-state index is 0.0434. The van der Waals surface area contributed by atoms with E-state index in [1.807, 2.05) is 19.9 Å². The summed E-state index contributed by atoms with van der Waals surface area (Å²) in [6.07, 6.45) is 6.02. The van der Waals surface area contributed by atoms with Crippen LogP contribution in [0.5, 0.6) is 0 Å². The van der Waals surface area contributed by atoms with Gasteiger partial charge in [-0.3, -0.25) is 13.9 Å². The van der Waals surface area contributed by atoms with E-state index in [1.54, 1.807) is 37.3 Å². The van der Waals surface area contributed by atoms with Gasteiger partial charge in [-0.1, -0.05) is 43.5 Å². The van der Waals surface area contributed by atoms with Gasteiger partial charge < -0.3 is 10.2 Å². The van der Waals surface area contributed by atoms with Crippen molar-refractivity contribution in [3.63, 3.8) is 0 Å². The van der Waals surface area contributed by atoms with Gasteiger partial charge in [0.25, 0.3) is 0 Å². The molecule has 7 nitrogen and oxygen atoms in total. The molecule has 2 amide bonds. The fourth-order valence-corrected chi connectivity index (χ4v) is 5.50. The van der Waals surface area contributed by atoms with Crippen molar-refractivity contribution in [1.82, 2.24) is 10.2 Å². The highest BCUT2D eigenvalue weighted by Gasteiger charge is 2.31. The van der Waals surface area contributed by atoms with Crippen LogP contribution in [0.2, 0.25) is 0 Å². The lowest BCUT2D eigenvalue weighted by Gasteiger charge is -2.33. The van der Waals surface area contributed by atoms with Crippen molar-refractivity contribution < 1.29 is 22.4 Å². The molecule has 196 valence electrons. The average molecular weight is 518 g/mol. The molecule has 1 fully saturated rings. The molecular weight excluding hydrogens is 481 g/mol. The number of hydrogen-bond acceptors (Lipinski definition) is 4. The number of aryl methyl sites for hydroxylation is 2. The van der Waals surface area contributed by atoms with Gasteiger partial charge >= 0.3 is 0 Å². The molecular formula is C27H36FN3O4S. The van der Waals surface area contributed by atoms with Gasteiger partial charge in [0, 0.05) is 18.2 Å². The maximum absolute atomic E-state index is 14.5. The quantitative estimate of drug-likeness (QED) is 0.543. The van der Waals surface area contributed by atoms with Crippen LogP contribution in [0.1, 0.15) is 55.7 Å². The number of sulfonamides is 1. The lowest BCUT2D eigenvalue weighted by atomic mass is 9.95. The maximum Gasteiger partial charge on any atom is 0.244 e. The Hall–Kier alpha value is -2.94. The third-order valence-electron chi connectivity index (χ3n) is 6.59. The van der Waals surface area contributed by atoms with Crippen molar-refractivity contribution in [2.75, 3.05) is 17.1 Å². The van der Waals surface area contributed by atoms with Crippen LogP contribution >= 0.6 is 0 Å². The first-order valence-electron chi connectivity index (χ1n) is 12.3. The van der Waals surface area contributed by atoms with Gasteiger partial charge in [0.05, 0.1) is 11.9 Å². The Bertz CT molecular complexity index is 1180. The first-order valence-corrected chi connectivity index (χ1v) is 14.2. The second-order valence-corrected chi connectivity index (χ2v) is 11.7. The minimum atomic E-state index is -3.82. The molecule has 0 saturated heterocycles.